The molecule has 0 saturated heterocycles. The molecule has 0 aliphatic carbocycles. The second-order valence-electron chi connectivity index (χ2n) is 4.94. The first kappa shape index (κ1) is 14.1. The number of carbonyl (C=O) groups excluding carboxylic acids is 1. The van der Waals surface area contributed by atoms with Crippen LogP contribution < -0.4 is 4.90 Å². The van der Waals surface area contributed by atoms with Gasteiger partial charge >= 0.3 is 0 Å². The fourth-order valence-electron chi connectivity index (χ4n) is 2.43. The maximum atomic E-state index is 12.7. The number of hydrogen-bond donors (Lipinski definition) is 0. The zero-order valence-electron chi connectivity index (χ0n) is 12.4. The lowest BCUT2D eigenvalue weighted by molar-refractivity contribution is 0.0988. The minimum absolute atomic E-state index is 0.000283. The van der Waals surface area contributed by atoms with Crippen LogP contribution in [0.5, 0.6) is 0 Å². The third kappa shape index (κ3) is 2.79. The Balaban J connectivity index is 1.85. The van der Waals surface area contributed by atoms with Crippen LogP contribution in [-0.4, -0.2) is 12.5 Å². The molecule has 0 unspecified atom stereocenters. The van der Waals surface area contributed by atoms with E-state index >= 15 is 0 Å². The van der Waals surface area contributed by atoms with Crippen LogP contribution in [0.3, 0.4) is 0 Å². The number of hydrogen-bond acceptors (Lipinski definition) is 2. The van der Waals surface area contributed by atoms with E-state index in [-0.39, 0.29) is 5.91 Å². The van der Waals surface area contributed by atoms with Crippen molar-refractivity contribution in [2.24, 2.45) is 0 Å². The topological polar surface area (TPSA) is 33.5 Å². The van der Waals surface area contributed by atoms with Crippen LogP contribution in [-0.2, 0) is 0 Å². The number of para-hydroxylation sites is 1. The lowest BCUT2D eigenvalue weighted by Crippen LogP contribution is -2.30. The third-order valence-electron chi connectivity index (χ3n) is 3.57. The molecule has 3 nitrogen and oxygen atoms in total. The summed E-state index contributed by atoms with van der Waals surface area (Å²) < 4.78 is 5.36. The van der Waals surface area contributed by atoms with Crippen molar-refractivity contribution < 1.29 is 9.21 Å². The quantitative estimate of drug-likeness (QED) is 0.703. The monoisotopic (exact) mass is 291 g/mol. The molecule has 3 rings (SSSR count). The number of benzene rings is 2. The van der Waals surface area contributed by atoms with Gasteiger partial charge in [0.15, 0.2) is 0 Å². The van der Waals surface area contributed by atoms with Crippen molar-refractivity contribution in [2.45, 2.75) is 6.92 Å². The van der Waals surface area contributed by atoms with Crippen molar-refractivity contribution in [3.8, 4) is 11.3 Å². The minimum atomic E-state index is -0.000283. The molecule has 22 heavy (non-hydrogen) atoms. The zero-order chi connectivity index (χ0) is 15.4. The van der Waals surface area contributed by atoms with Gasteiger partial charge in [0.25, 0.3) is 5.91 Å². The van der Waals surface area contributed by atoms with Crippen molar-refractivity contribution in [1.29, 1.82) is 0 Å². The van der Waals surface area contributed by atoms with E-state index in [0.717, 1.165) is 17.0 Å². The maximum Gasteiger partial charge on any atom is 0.258 e. The van der Waals surface area contributed by atoms with Crippen molar-refractivity contribution >= 4 is 11.6 Å². The van der Waals surface area contributed by atoms with Gasteiger partial charge < -0.3 is 9.32 Å². The largest absolute Gasteiger partial charge is 0.464 e. The summed E-state index contributed by atoms with van der Waals surface area (Å²) in [5, 5.41) is 0. The highest BCUT2D eigenvalue weighted by molar-refractivity contribution is 6.06. The Bertz CT molecular complexity index is 731. The molecule has 0 aliphatic heterocycles. The molecule has 0 fully saturated rings. The van der Waals surface area contributed by atoms with E-state index < -0.39 is 0 Å². The molecule has 0 N–H and O–H groups in total. The molecule has 2 aromatic carbocycles. The highest BCUT2D eigenvalue weighted by atomic mass is 16.3. The van der Waals surface area contributed by atoms with Crippen LogP contribution in [0.15, 0.2) is 77.4 Å². The summed E-state index contributed by atoms with van der Waals surface area (Å²) in [6, 6.07) is 20.9. The number of rotatable bonds is 4. The van der Waals surface area contributed by atoms with Crippen molar-refractivity contribution in [3.05, 3.63) is 78.6 Å². The maximum absolute atomic E-state index is 12.7. The Morgan fingerprint density at radius 3 is 2.27 bits per heavy atom. The average Bonchev–Trinajstić information content (AvgIpc) is 3.11. The van der Waals surface area contributed by atoms with Crippen molar-refractivity contribution in [1.82, 2.24) is 0 Å². The van der Waals surface area contributed by atoms with Crippen LogP contribution in [0.2, 0.25) is 0 Å². The molecule has 3 aromatic rings. The third-order valence-corrected chi connectivity index (χ3v) is 3.57. The molecule has 0 bridgehead atoms. The van der Waals surface area contributed by atoms with Gasteiger partial charge in [-0.25, -0.2) is 0 Å². The number of furan rings is 1. The smallest absolute Gasteiger partial charge is 0.258 e. The lowest BCUT2D eigenvalue weighted by atomic mass is 10.1. The van der Waals surface area contributed by atoms with Crippen LogP contribution in [0.25, 0.3) is 11.3 Å². The van der Waals surface area contributed by atoms with E-state index in [4.69, 9.17) is 4.42 Å². The second kappa shape index (κ2) is 6.31. The molecule has 0 atom stereocenters. The minimum Gasteiger partial charge on any atom is -0.464 e. The summed E-state index contributed by atoms with van der Waals surface area (Å²) in [6.07, 6.45) is 1.64. The summed E-state index contributed by atoms with van der Waals surface area (Å²) in [7, 11) is 0. The van der Waals surface area contributed by atoms with Gasteiger partial charge in [-0.1, -0.05) is 30.3 Å². The SMILES string of the molecule is CCN(C(=O)c1ccc(-c2ccco2)cc1)c1ccccc1. The molecule has 1 amide bonds. The molecule has 0 radical (unpaired) electrons. The van der Waals surface area contributed by atoms with Gasteiger partial charge in [-0.15, -0.1) is 0 Å². The summed E-state index contributed by atoms with van der Waals surface area (Å²) >= 11 is 0. The van der Waals surface area contributed by atoms with Gasteiger partial charge in [-0.2, -0.15) is 0 Å². The predicted molar refractivity (Wildman–Crippen MR) is 87.9 cm³/mol. The number of carbonyl (C=O) groups is 1. The predicted octanol–water partition coefficient (Wildman–Crippen LogP) is 4.61. The van der Waals surface area contributed by atoms with Gasteiger partial charge in [-0.05, 0) is 43.3 Å². The molecule has 0 saturated carbocycles. The number of anilines is 1. The second-order valence-corrected chi connectivity index (χ2v) is 4.94. The first-order chi connectivity index (χ1) is 10.8. The molecule has 3 heteroatoms. The lowest BCUT2D eigenvalue weighted by Gasteiger charge is -2.21. The molecule has 0 aliphatic rings. The Hall–Kier alpha value is -2.81. The molecule has 1 heterocycles. The molecule has 110 valence electrons. The summed E-state index contributed by atoms with van der Waals surface area (Å²) in [6.45, 7) is 2.60. The summed E-state index contributed by atoms with van der Waals surface area (Å²) in [5.41, 5.74) is 2.54. The Labute approximate surface area is 129 Å². The van der Waals surface area contributed by atoms with Crippen LogP contribution in [0.1, 0.15) is 17.3 Å². The first-order valence-corrected chi connectivity index (χ1v) is 7.30. The van der Waals surface area contributed by atoms with Crippen molar-refractivity contribution in [2.75, 3.05) is 11.4 Å². The molecular weight excluding hydrogens is 274 g/mol. The molecule has 0 spiro atoms. The normalized spacial score (nSPS) is 10.4. The van der Waals surface area contributed by atoms with Gasteiger partial charge in [0.05, 0.1) is 6.26 Å². The molecule has 1 aromatic heterocycles. The van der Waals surface area contributed by atoms with Gasteiger partial charge in [-0.3, -0.25) is 4.79 Å². The summed E-state index contributed by atoms with van der Waals surface area (Å²) in [4.78, 5) is 14.4. The Kier molecular flexibility index (Phi) is 4.05. The van der Waals surface area contributed by atoms with Gasteiger partial charge in [0, 0.05) is 23.4 Å². The highest BCUT2D eigenvalue weighted by Gasteiger charge is 2.15. The van der Waals surface area contributed by atoms with Gasteiger partial charge in [0.2, 0.25) is 0 Å². The van der Waals surface area contributed by atoms with Crippen LogP contribution in [0.4, 0.5) is 5.69 Å². The van der Waals surface area contributed by atoms with E-state index in [9.17, 15) is 4.79 Å². The zero-order valence-corrected chi connectivity index (χ0v) is 12.4. The van der Waals surface area contributed by atoms with E-state index in [1.54, 1.807) is 11.2 Å². The van der Waals surface area contributed by atoms with E-state index in [1.807, 2.05) is 73.7 Å². The van der Waals surface area contributed by atoms with E-state index in [1.165, 1.54) is 0 Å². The fraction of sp³-hybridized carbons (Fsp3) is 0.105. The van der Waals surface area contributed by atoms with Crippen molar-refractivity contribution in [3.63, 3.8) is 0 Å². The van der Waals surface area contributed by atoms with E-state index in [2.05, 4.69) is 0 Å². The molecular formula is C19H17NO2. The Morgan fingerprint density at radius 1 is 0.955 bits per heavy atom. The standard InChI is InChI=1S/C19H17NO2/c1-2-20(17-7-4-3-5-8-17)19(21)16-12-10-15(11-13-16)18-9-6-14-22-18/h3-14H,2H2,1H3. The van der Waals surface area contributed by atoms with Crippen LogP contribution in [0, 0.1) is 0 Å². The highest BCUT2D eigenvalue weighted by Crippen LogP contribution is 2.22. The number of nitrogens with zero attached hydrogens (tertiary/aromatic N) is 1. The van der Waals surface area contributed by atoms with E-state index in [0.29, 0.717) is 12.1 Å². The van der Waals surface area contributed by atoms with Crippen LogP contribution >= 0.6 is 0 Å². The first-order valence-electron chi connectivity index (χ1n) is 7.30. The average molecular weight is 291 g/mol. The number of amides is 1. The summed E-state index contributed by atoms with van der Waals surface area (Å²) in [5.74, 6) is 0.800. The fourth-order valence-corrected chi connectivity index (χ4v) is 2.43. The van der Waals surface area contributed by atoms with Gasteiger partial charge in [0.1, 0.15) is 5.76 Å². The Morgan fingerprint density at radius 2 is 1.68 bits per heavy atom.